The van der Waals surface area contributed by atoms with Gasteiger partial charge < -0.3 is 14.8 Å². The molecule has 0 spiro atoms. The summed E-state index contributed by atoms with van der Waals surface area (Å²) in [4.78, 5) is 17.8. The van der Waals surface area contributed by atoms with Crippen molar-refractivity contribution in [2.45, 2.75) is 25.3 Å². The fourth-order valence-electron chi connectivity index (χ4n) is 4.28. The highest BCUT2D eigenvalue weighted by molar-refractivity contribution is 5.99. The van der Waals surface area contributed by atoms with Crippen LogP contribution in [0, 0.1) is 0 Å². The zero-order valence-electron chi connectivity index (χ0n) is 16.9. The van der Waals surface area contributed by atoms with Crippen molar-refractivity contribution in [1.29, 1.82) is 0 Å². The number of ketones is 1. The molecule has 0 saturated carbocycles. The number of hydrogen-bond acceptors (Lipinski definition) is 6. The van der Waals surface area contributed by atoms with E-state index in [0.29, 0.717) is 29.7 Å². The van der Waals surface area contributed by atoms with Crippen LogP contribution in [0.15, 0.2) is 59.8 Å². The highest BCUT2D eigenvalue weighted by Gasteiger charge is 2.38. The molecule has 30 heavy (non-hydrogen) atoms. The number of fused-ring (bicyclic) bond motifs is 1. The molecule has 1 atom stereocenters. The van der Waals surface area contributed by atoms with E-state index in [0.717, 1.165) is 35.2 Å². The van der Waals surface area contributed by atoms with E-state index in [1.807, 2.05) is 48.5 Å². The molecule has 1 unspecified atom stereocenters. The SMILES string of the molecule is COc1cccc(C2C3=C(CCCC3=O)Nc3nc(-c4ccccc4)nn32)c1OC. The van der Waals surface area contributed by atoms with Gasteiger partial charge in [0.25, 0.3) is 0 Å². The standard InChI is InChI=1S/C23H22N4O3/c1-29-18-13-6-10-15(21(18)30-2)20-19-16(11-7-12-17(19)28)24-23-25-22(26-27(20)23)14-8-4-3-5-9-14/h3-6,8-10,13,20H,7,11-12H2,1-2H3,(H,24,25,26). The third-order valence-electron chi connectivity index (χ3n) is 5.63. The molecular formula is C23H22N4O3. The number of benzene rings is 2. The largest absolute Gasteiger partial charge is 0.493 e. The first-order valence-corrected chi connectivity index (χ1v) is 9.97. The second-order valence-corrected chi connectivity index (χ2v) is 7.35. The van der Waals surface area contributed by atoms with Crippen LogP contribution in [0.25, 0.3) is 11.4 Å². The lowest BCUT2D eigenvalue weighted by molar-refractivity contribution is -0.116. The molecule has 0 saturated heterocycles. The average Bonchev–Trinajstić information content (AvgIpc) is 3.21. The number of rotatable bonds is 4. The molecule has 1 aliphatic carbocycles. The maximum Gasteiger partial charge on any atom is 0.226 e. The zero-order valence-corrected chi connectivity index (χ0v) is 16.9. The number of carbonyl (C=O) groups excluding carboxylic acids is 1. The number of Topliss-reactive ketones (excluding diaryl/α,β-unsaturated/α-hetero) is 1. The summed E-state index contributed by atoms with van der Waals surface area (Å²) in [6, 6.07) is 15.1. The third-order valence-corrected chi connectivity index (χ3v) is 5.63. The normalized spacial score (nSPS) is 17.8. The minimum atomic E-state index is -0.431. The molecule has 7 nitrogen and oxygen atoms in total. The highest BCUT2D eigenvalue weighted by Crippen LogP contribution is 2.45. The van der Waals surface area contributed by atoms with E-state index in [1.165, 1.54) is 0 Å². The Hall–Kier alpha value is -3.61. The Labute approximate surface area is 174 Å². The van der Waals surface area contributed by atoms with Crippen molar-refractivity contribution in [2.75, 3.05) is 19.5 Å². The Morgan fingerprint density at radius 1 is 1.03 bits per heavy atom. The van der Waals surface area contributed by atoms with Crippen LogP contribution in [-0.2, 0) is 4.79 Å². The molecular weight excluding hydrogens is 380 g/mol. The second kappa shape index (κ2) is 7.33. The number of anilines is 1. The van der Waals surface area contributed by atoms with Crippen molar-refractivity contribution in [3.8, 4) is 22.9 Å². The molecule has 1 aromatic heterocycles. The summed E-state index contributed by atoms with van der Waals surface area (Å²) in [5, 5.41) is 8.16. The maximum absolute atomic E-state index is 13.0. The lowest BCUT2D eigenvalue weighted by atomic mass is 9.85. The Kier molecular flexibility index (Phi) is 4.50. The van der Waals surface area contributed by atoms with Crippen LogP contribution in [0.1, 0.15) is 30.9 Å². The van der Waals surface area contributed by atoms with E-state index >= 15 is 0 Å². The minimum absolute atomic E-state index is 0.126. The third kappa shape index (κ3) is 2.85. The molecule has 2 aromatic carbocycles. The first-order valence-electron chi connectivity index (χ1n) is 9.97. The number of methoxy groups -OCH3 is 2. The van der Waals surface area contributed by atoms with E-state index in [2.05, 4.69) is 5.32 Å². The van der Waals surface area contributed by atoms with E-state index in [-0.39, 0.29) is 5.78 Å². The summed E-state index contributed by atoms with van der Waals surface area (Å²) in [5.74, 6) is 2.57. The van der Waals surface area contributed by atoms with Crippen LogP contribution in [-0.4, -0.2) is 34.8 Å². The number of nitrogens with one attached hydrogen (secondary N) is 1. The smallest absolute Gasteiger partial charge is 0.226 e. The van der Waals surface area contributed by atoms with Gasteiger partial charge in [0.2, 0.25) is 5.95 Å². The summed E-state index contributed by atoms with van der Waals surface area (Å²) in [5.41, 5.74) is 3.39. The highest BCUT2D eigenvalue weighted by atomic mass is 16.5. The zero-order chi connectivity index (χ0) is 20.7. The molecule has 0 bridgehead atoms. The Morgan fingerprint density at radius 3 is 2.63 bits per heavy atom. The summed E-state index contributed by atoms with van der Waals surface area (Å²) >= 11 is 0. The van der Waals surface area contributed by atoms with Crippen molar-refractivity contribution in [3.63, 3.8) is 0 Å². The molecule has 3 aromatic rings. The number of aromatic nitrogens is 3. The number of para-hydroxylation sites is 1. The van der Waals surface area contributed by atoms with Gasteiger partial charge in [-0.15, -0.1) is 5.10 Å². The fraction of sp³-hybridized carbons (Fsp3) is 0.261. The van der Waals surface area contributed by atoms with E-state index in [1.54, 1.807) is 18.9 Å². The van der Waals surface area contributed by atoms with E-state index in [9.17, 15) is 4.79 Å². The molecule has 1 N–H and O–H groups in total. The van der Waals surface area contributed by atoms with E-state index in [4.69, 9.17) is 19.6 Å². The molecule has 2 aliphatic rings. The summed E-state index contributed by atoms with van der Waals surface area (Å²) in [7, 11) is 3.22. The molecule has 2 heterocycles. The number of hydrogen-bond donors (Lipinski definition) is 1. The summed E-state index contributed by atoms with van der Waals surface area (Å²) < 4.78 is 13.0. The van der Waals surface area contributed by atoms with E-state index < -0.39 is 6.04 Å². The predicted molar refractivity (Wildman–Crippen MR) is 113 cm³/mol. The van der Waals surface area contributed by atoms with Crippen molar-refractivity contribution in [2.24, 2.45) is 0 Å². The summed E-state index contributed by atoms with van der Waals surface area (Å²) in [6.07, 6.45) is 2.16. The van der Waals surface area contributed by atoms with Gasteiger partial charge in [-0.3, -0.25) is 4.79 Å². The molecule has 0 fully saturated rings. The van der Waals surface area contributed by atoms with Crippen LogP contribution in [0.5, 0.6) is 11.5 Å². The van der Waals surface area contributed by atoms with Gasteiger partial charge in [-0.25, -0.2) is 4.68 Å². The van der Waals surface area contributed by atoms with Crippen molar-refractivity contribution in [3.05, 3.63) is 65.4 Å². The van der Waals surface area contributed by atoms with Gasteiger partial charge in [-0.05, 0) is 18.9 Å². The first-order chi connectivity index (χ1) is 14.7. The van der Waals surface area contributed by atoms with Gasteiger partial charge in [0.15, 0.2) is 23.1 Å². The van der Waals surface area contributed by atoms with Gasteiger partial charge in [0.1, 0.15) is 6.04 Å². The quantitative estimate of drug-likeness (QED) is 0.711. The van der Waals surface area contributed by atoms with Gasteiger partial charge in [0, 0.05) is 28.8 Å². The van der Waals surface area contributed by atoms with Crippen LogP contribution in [0.2, 0.25) is 0 Å². The Balaban J connectivity index is 1.73. The maximum atomic E-state index is 13.0. The summed E-state index contributed by atoms with van der Waals surface area (Å²) in [6.45, 7) is 0. The van der Waals surface area contributed by atoms with Crippen molar-refractivity contribution < 1.29 is 14.3 Å². The van der Waals surface area contributed by atoms with Crippen LogP contribution in [0.4, 0.5) is 5.95 Å². The lowest BCUT2D eigenvalue weighted by Crippen LogP contribution is -2.31. The van der Waals surface area contributed by atoms with Crippen LogP contribution >= 0.6 is 0 Å². The lowest BCUT2D eigenvalue weighted by Gasteiger charge is -2.32. The van der Waals surface area contributed by atoms with Gasteiger partial charge in [-0.2, -0.15) is 4.98 Å². The minimum Gasteiger partial charge on any atom is -0.493 e. The molecule has 0 amide bonds. The van der Waals surface area contributed by atoms with Crippen LogP contribution in [0.3, 0.4) is 0 Å². The Bertz CT molecular complexity index is 1150. The first kappa shape index (κ1) is 18.4. The molecule has 0 radical (unpaired) electrons. The number of allylic oxidation sites excluding steroid dienone is 2. The Morgan fingerprint density at radius 2 is 1.87 bits per heavy atom. The predicted octanol–water partition coefficient (Wildman–Crippen LogP) is 3.98. The fourth-order valence-corrected chi connectivity index (χ4v) is 4.28. The number of nitrogens with zero attached hydrogens (tertiary/aromatic N) is 3. The average molecular weight is 402 g/mol. The van der Waals surface area contributed by atoms with Gasteiger partial charge in [0.05, 0.1) is 14.2 Å². The molecule has 5 rings (SSSR count). The van der Waals surface area contributed by atoms with Crippen molar-refractivity contribution >= 4 is 11.7 Å². The number of ether oxygens (including phenoxy) is 2. The monoisotopic (exact) mass is 402 g/mol. The van der Waals surface area contributed by atoms with Crippen LogP contribution < -0.4 is 14.8 Å². The van der Waals surface area contributed by atoms with Gasteiger partial charge in [-0.1, -0.05) is 42.5 Å². The molecule has 152 valence electrons. The second-order valence-electron chi connectivity index (χ2n) is 7.35. The van der Waals surface area contributed by atoms with Gasteiger partial charge >= 0.3 is 0 Å². The topological polar surface area (TPSA) is 78.3 Å². The number of carbonyl (C=O) groups is 1. The molecule has 7 heteroatoms. The van der Waals surface area contributed by atoms with Crippen molar-refractivity contribution in [1.82, 2.24) is 14.8 Å². The molecule has 1 aliphatic heterocycles.